The van der Waals surface area contributed by atoms with Gasteiger partial charge in [0, 0.05) is 13.1 Å². The molecule has 1 saturated heterocycles. The van der Waals surface area contributed by atoms with E-state index in [1.165, 1.54) is 10.4 Å². The van der Waals surface area contributed by atoms with Crippen molar-refractivity contribution in [3.63, 3.8) is 0 Å². The minimum Gasteiger partial charge on any atom is -0.477 e. The molecule has 6 nitrogen and oxygen atoms in total. The maximum Gasteiger partial charge on any atom is 0.346 e. The van der Waals surface area contributed by atoms with Gasteiger partial charge in [0.2, 0.25) is 0 Å². The number of nitrogens with zero attached hydrogens (tertiary/aromatic N) is 1. The van der Waals surface area contributed by atoms with Crippen LogP contribution in [0.15, 0.2) is 10.3 Å². The minimum atomic E-state index is -3.70. The fraction of sp³-hybridized carbons (Fsp3) is 0.583. The van der Waals surface area contributed by atoms with Crippen LogP contribution in [0.2, 0.25) is 0 Å². The van der Waals surface area contributed by atoms with Crippen molar-refractivity contribution in [1.29, 1.82) is 0 Å². The highest BCUT2D eigenvalue weighted by molar-refractivity contribution is 7.91. The van der Waals surface area contributed by atoms with Gasteiger partial charge >= 0.3 is 5.97 Å². The van der Waals surface area contributed by atoms with Gasteiger partial charge in [-0.2, -0.15) is 4.31 Å². The number of aromatic carboxylic acids is 1. The molecule has 0 radical (unpaired) electrons. The van der Waals surface area contributed by atoms with Crippen LogP contribution in [0.5, 0.6) is 0 Å². The smallest absolute Gasteiger partial charge is 0.346 e. The summed E-state index contributed by atoms with van der Waals surface area (Å²) in [6.45, 7) is 3.64. The lowest BCUT2D eigenvalue weighted by Crippen LogP contribution is -2.63. The maximum absolute atomic E-state index is 12.3. The van der Waals surface area contributed by atoms with Crippen LogP contribution in [0.1, 0.15) is 35.0 Å². The Hall–Kier alpha value is -0.960. The lowest BCUT2D eigenvalue weighted by molar-refractivity contribution is -0.0652. The van der Waals surface area contributed by atoms with Crippen LogP contribution < -0.4 is 0 Å². The van der Waals surface area contributed by atoms with E-state index in [9.17, 15) is 18.3 Å². The van der Waals surface area contributed by atoms with Crippen LogP contribution >= 0.6 is 11.3 Å². The summed E-state index contributed by atoms with van der Waals surface area (Å²) in [5, 5.41) is 19.0. The third kappa shape index (κ3) is 2.60. The first-order valence-corrected chi connectivity index (χ1v) is 8.51. The fourth-order valence-electron chi connectivity index (χ4n) is 2.32. The summed E-state index contributed by atoms with van der Waals surface area (Å²) in [5.41, 5.74) is -0.505. The second-order valence-corrected chi connectivity index (χ2v) is 8.35. The largest absolute Gasteiger partial charge is 0.477 e. The summed E-state index contributed by atoms with van der Waals surface area (Å²) in [7, 11) is -3.70. The first-order valence-electron chi connectivity index (χ1n) is 6.26. The average molecular weight is 319 g/mol. The molecule has 0 aliphatic carbocycles. The van der Waals surface area contributed by atoms with Crippen molar-refractivity contribution in [3.8, 4) is 0 Å². The molecule has 20 heavy (non-hydrogen) atoms. The van der Waals surface area contributed by atoms with E-state index in [1.54, 1.807) is 6.92 Å². The lowest BCUT2D eigenvalue weighted by Gasteiger charge is -2.45. The quantitative estimate of drug-likeness (QED) is 0.853. The van der Waals surface area contributed by atoms with Gasteiger partial charge in [-0.25, -0.2) is 13.2 Å². The van der Waals surface area contributed by atoms with Crippen molar-refractivity contribution in [3.05, 3.63) is 16.5 Å². The topological polar surface area (TPSA) is 94.9 Å². The zero-order valence-electron chi connectivity index (χ0n) is 11.3. The first kappa shape index (κ1) is 15.4. The van der Waals surface area contributed by atoms with Crippen LogP contribution in [-0.2, 0) is 10.0 Å². The maximum atomic E-state index is 12.3. The number of hydrogen-bond donors (Lipinski definition) is 2. The van der Waals surface area contributed by atoms with Crippen LogP contribution in [0, 0.1) is 6.92 Å². The Morgan fingerprint density at radius 2 is 2.10 bits per heavy atom. The Bertz CT molecular complexity index is 628. The second kappa shape index (κ2) is 5.10. The van der Waals surface area contributed by atoms with E-state index in [1.807, 2.05) is 6.92 Å². The van der Waals surface area contributed by atoms with E-state index in [2.05, 4.69) is 0 Å². The molecule has 0 saturated carbocycles. The van der Waals surface area contributed by atoms with Gasteiger partial charge in [-0.05, 0) is 25.0 Å². The van der Waals surface area contributed by atoms with Crippen molar-refractivity contribution in [2.45, 2.75) is 36.5 Å². The molecule has 0 spiro atoms. The molecule has 0 aromatic carbocycles. The zero-order chi connectivity index (χ0) is 15.1. The Morgan fingerprint density at radius 1 is 1.50 bits per heavy atom. The summed E-state index contributed by atoms with van der Waals surface area (Å²) in [6, 6.07) is 1.38. The number of carboxylic acid groups (broad SMARTS) is 1. The minimum absolute atomic E-state index is 0.0194. The number of carboxylic acids is 1. The summed E-state index contributed by atoms with van der Waals surface area (Å²) in [6.07, 6.45) is 1.34. The molecule has 8 heteroatoms. The SMILES string of the molecule is CCCC1(O)CN(S(=O)(=O)c2cc(C)c(C(=O)O)s2)C1. The molecule has 1 aliphatic heterocycles. The van der Waals surface area contributed by atoms with Gasteiger partial charge in [-0.3, -0.25) is 0 Å². The molecule has 2 rings (SSSR count). The van der Waals surface area contributed by atoms with Crippen molar-refractivity contribution >= 4 is 27.3 Å². The number of aliphatic hydroxyl groups is 1. The van der Waals surface area contributed by atoms with Gasteiger partial charge in [-0.15, -0.1) is 11.3 Å². The molecular formula is C12H17NO5S2. The average Bonchev–Trinajstić information content (AvgIpc) is 2.69. The van der Waals surface area contributed by atoms with E-state index in [-0.39, 0.29) is 22.2 Å². The van der Waals surface area contributed by atoms with Crippen molar-refractivity contribution in [2.75, 3.05) is 13.1 Å². The summed E-state index contributed by atoms with van der Waals surface area (Å²) < 4.78 is 25.9. The zero-order valence-corrected chi connectivity index (χ0v) is 12.9. The van der Waals surface area contributed by atoms with Crippen LogP contribution in [0.25, 0.3) is 0 Å². The van der Waals surface area contributed by atoms with E-state index >= 15 is 0 Å². The Kier molecular flexibility index (Phi) is 3.94. The Morgan fingerprint density at radius 3 is 2.55 bits per heavy atom. The molecule has 1 aliphatic rings. The van der Waals surface area contributed by atoms with Crippen molar-refractivity contribution < 1.29 is 23.4 Å². The van der Waals surface area contributed by atoms with Crippen LogP contribution in [0.4, 0.5) is 0 Å². The van der Waals surface area contributed by atoms with Crippen molar-refractivity contribution in [1.82, 2.24) is 4.31 Å². The molecule has 0 unspecified atom stereocenters. The van der Waals surface area contributed by atoms with E-state index < -0.39 is 21.6 Å². The van der Waals surface area contributed by atoms with Crippen LogP contribution in [0.3, 0.4) is 0 Å². The Balaban J connectivity index is 2.21. The lowest BCUT2D eigenvalue weighted by atomic mass is 9.92. The fourth-order valence-corrected chi connectivity index (χ4v) is 5.46. The molecule has 112 valence electrons. The third-order valence-corrected chi connectivity index (χ3v) is 6.81. The number of thiophene rings is 1. The van der Waals surface area contributed by atoms with Crippen LogP contribution in [-0.4, -0.2) is 47.6 Å². The standard InChI is InChI=1S/C12H17NO5S2/c1-3-4-12(16)6-13(7-12)20(17,18)9-5-8(2)10(19-9)11(14)15/h5,16H,3-4,6-7H2,1-2H3,(H,14,15). The molecular weight excluding hydrogens is 302 g/mol. The summed E-state index contributed by atoms with van der Waals surface area (Å²) in [4.78, 5) is 11.0. The molecule has 2 N–H and O–H groups in total. The second-order valence-electron chi connectivity index (χ2n) is 5.13. The van der Waals surface area contributed by atoms with Gasteiger partial charge in [0.1, 0.15) is 9.09 Å². The summed E-state index contributed by atoms with van der Waals surface area (Å²) >= 11 is 0.755. The predicted octanol–water partition coefficient (Wildman–Crippen LogP) is 1.29. The Labute approximate surface area is 121 Å². The molecule has 1 aromatic rings. The molecule has 0 atom stereocenters. The van der Waals surface area contributed by atoms with Crippen molar-refractivity contribution in [2.24, 2.45) is 0 Å². The van der Waals surface area contributed by atoms with Gasteiger partial charge in [0.25, 0.3) is 10.0 Å². The number of aryl methyl sites for hydroxylation is 1. The van der Waals surface area contributed by atoms with E-state index in [4.69, 9.17) is 5.11 Å². The molecule has 1 fully saturated rings. The normalized spacial score (nSPS) is 18.8. The number of hydrogen-bond acceptors (Lipinski definition) is 5. The van der Waals surface area contributed by atoms with Gasteiger partial charge in [0.15, 0.2) is 0 Å². The monoisotopic (exact) mass is 319 g/mol. The van der Waals surface area contributed by atoms with Gasteiger partial charge < -0.3 is 10.2 Å². The van der Waals surface area contributed by atoms with E-state index in [0.717, 1.165) is 17.8 Å². The van der Waals surface area contributed by atoms with Gasteiger partial charge in [-0.1, -0.05) is 13.3 Å². The van der Waals surface area contributed by atoms with E-state index in [0.29, 0.717) is 12.0 Å². The number of sulfonamides is 1. The van der Waals surface area contributed by atoms with Gasteiger partial charge in [0.05, 0.1) is 5.60 Å². The third-order valence-electron chi connectivity index (χ3n) is 3.34. The number of β-amino-alcohol motifs (C(OH)–C–C–N with tert-alkyl or cyclic N) is 1. The molecule has 0 amide bonds. The highest BCUT2D eigenvalue weighted by Crippen LogP contribution is 2.35. The highest BCUT2D eigenvalue weighted by atomic mass is 32.2. The number of rotatable bonds is 5. The predicted molar refractivity (Wildman–Crippen MR) is 74.6 cm³/mol. The number of carbonyl (C=O) groups is 1. The summed E-state index contributed by atoms with van der Waals surface area (Å²) in [5.74, 6) is -1.12. The molecule has 2 heterocycles. The highest BCUT2D eigenvalue weighted by Gasteiger charge is 2.47. The molecule has 1 aromatic heterocycles. The molecule has 0 bridgehead atoms. The first-order chi connectivity index (χ1) is 9.19.